The summed E-state index contributed by atoms with van der Waals surface area (Å²) in [5.74, 6) is 1.21. The Labute approximate surface area is 137 Å². The molecule has 0 saturated heterocycles. The van der Waals surface area contributed by atoms with Crippen LogP contribution in [0.2, 0.25) is 0 Å². The van der Waals surface area contributed by atoms with Crippen LogP contribution < -0.4 is 0 Å². The third kappa shape index (κ3) is 3.53. The zero-order chi connectivity index (χ0) is 16.2. The van der Waals surface area contributed by atoms with E-state index in [0.717, 1.165) is 0 Å². The van der Waals surface area contributed by atoms with E-state index in [9.17, 15) is 0 Å². The highest BCUT2D eigenvalue weighted by Gasteiger charge is 2.41. The highest BCUT2D eigenvalue weighted by Crippen LogP contribution is 2.48. The molecular formula is C20H36O2. The quantitative estimate of drug-likeness (QED) is 0.592. The van der Waals surface area contributed by atoms with Gasteiger partial charge in [-0.1, -0.05) is 52.4 Å². The van der Waals surface area contributed by atoms with E-state index in [1.165, 1.54) is 75.5 Å². The van der Waals surface area contributed by atoms with Gasteiger partial charge < -0.3 is 9.47 Å². The molecule has 0 aromatic heterocycles. The Morgan fingerprint density at radius 3 is 1.77 bits per heavy atom. The molecule has 0 amide bonds. The van der Waals surface area contributed by atoms with Crippen LogP contribution in [0.3, 0.4) is 0 Å². The third-order valence-corrected chi connectivity index (χ3v) is 6.33. The third-order valence-electron chi connectivity index (χ3n) is 6.33. The van der Waals surface area contributed by atoms with Crippen molar-refractivity contribution in [2.24, 2.45) is 10.8 Å². The highest BCUT2D eigenvalue weighted by molar-refractivity contribution is 5.21. The molecule has 128 valence electrons. The second-order valence-electron chi connectivity index (χ2n) is 8.17. The average Bonchev–Trinajstić information content (AvgIpc) is 2.49. The van der Waals surface area contributed by atoms with Gasteiger partial charge in [0.15, 0.2) is 0 Å². The fourth-order valence-electron chi connectivity index (χ4n) is 5.17. The largest absolute Gasteiger partial charge is 0.500 e. The van der Waals surface area contributed by atoms with E-state index >= 15 is 0 Å². The van der Waals surface area contributed by atoms with Crippen LogP contribution in [0.5, 0.6) is 0 Å². The first-order valence-electron chi connectivity index (χ1n) is 9.25. The lowest BCUT2D eigenvalue weighted by Crippen LogP contribution is -2.39. The van der Waals surface area contributed by atoms with Crippen LogP contribution in [-0.2, 0) is 9.47 Å². The zero-order valence-electron chi connectivity index (χ0n) is 15.5. The van der Waals surface area contributed by atoms with Crippen molar-refractivity contribution < 1.29 is 9.47 Å². The maximum absolute atomic E-state index is 6.04. The van der Waals surface area contributed by atoms with Gasteiger partial charge in [-0.3, -0.25) is 0 Å². The van der Waals surface area contributed by atoms with Crippen LogP contribution >= 0.6 is 0 Å². The van der Waals surface area contributed by atoms with E-state index in [1.807, 2.05) is 14.2 Å². The summed E-state index contributed by atoms with van der Waals surface area (Å²) in [5.41, 5.74) is 1.82. The van der Waals surface area contributed by atoms with E-state index < -0.39 is 0 Å². The van der Waals surface area contributed by atoms with Crippen molar-refractivity contribution in [1.82, 2.24) is 0 Å². The maximum atomic E-state index is 6.04. The van der Waals surface area contributed by atoms with Gasteiger partial charge in [0.05, 0.1) is 13.2 Å². The predicted octanol–water partition coefficient (Wildman–Crippen LogP) is 5.86. The first kappa shape index (κ1) is 17.8. The molecule has 0 N–H and O–H groups in total. The first-order valence-corrected chi connectivity index (χ1v) is 9.25. The van der Waals surface area contributed by atoms with Crippen LogP contribution in [0, 0.1) is 10.8 Å². The Morgan fingerprint density at radius 2 is 1.32 bits per heavy atom. The van der Waals surface area contributed by atoms with Gasteiger partial charge in [0.2, 0.25) is 0 Å². The van der Waals surface area contributed by atoms with Crippen molar-refractivity contribution in [3.05, 3.63) is 11.3 Å². The van der Waals surface area contributed by atoms with Crippen LogP contribution in [-0.4, -0.2) is 20.3 Å². The topological polar surface area (TPSA) is 18.5 Å². The molecule has 0 heterocycles. The highest BCUT2D eigenvalue weighted by atomic mass is 16.5. The monoisotopic (exact) mass is 308 g/mol. The summed E-state index contributed by atoms with van der Waals surface area (Å²) in [6.45, 7) is 7.07. The van der Waals surface area contributed by atoms with E-state index in [0.29, 0.717) is 0 Å². The molecule has 2 fully saturated rings. The van der Waals surface area contributed by atoms with Gasteiger partial charge in [0, 0.05) is 12.5 Å². The Balaban J connectivity index is 2.31. The van der Waals surface area contributed by atoms with Crippen molar-refractivity contribution in [2.45, 2.75) is 91.1 Å². The molecule has 0 spiro atoms. The van der Waals surface area contributed by atoms with Gasteiger partial charge in [0.1, 0.15) is 5.76 Å². The maximum Gasteiger partial charge on any atom is 0.103 e. The summed E-state index contributed by atoms with van der Waals surface area (Å²) < 4.78 is 12.0. The van der Waals surface area contributed by atoms with Crippen molar-refractivity contribution in [3.8, 4) is 0 Å². The second kappa shape index (κ2) is 7.38. The Kier molecular flexibility index (Phi) is 5.99. The van der Waals surface area contributed by atoms with Gasteiger partial charge in [-0.2, -0.15) is 0 Å². The molecule has 0 aliphatic heterocycles. The average molecular weight is 309 g/mol. The molecule has 0 radical (unpaired) electrons. The minimum absolute atomic E-state index is 0.196. The number of methoxy groups -OCH3 is 2. The molecule has 2 aliphatic rings. The van der Waals surface area contributed by atoms with Gasteiger partial charge in [-0.05, 0) is 43.6 Å². The Morgan fingerprint density at radius 1 is 0.818 bits per heavy atom. The van der Waals surface area contributed by atoms with E-state index in [-0.39, 0.29) is 16.9 Å². The number of rotatable bonds is 5. The van der Waals surface area contributed by atoms with Crippen molar-refractivity contribution >= 4 is 0 Å². The normalized spacial score (nSPS) is 27.0. The minimum atomic E-state index is 0.196. The van der Waals surface area contributed by atoms with E-state index in [4.69, 9.17) is 9.47 Å². The lowest BCUT2D eigenvalue weighted by molar-refractivity contribution is -0.00613. The molecule has 0 bridgehead atoms. The summed E-state index contributed by atoms with van der Waals surface area (Å²) in [6, 6.07) is 0. The molecule has 1 atom stereocenters. The lowest BCUT2D eigenvalue weighted by Gasteiger charge is -2.43. The van der Waals surface area contributed by atoms with Crippen LogP contribution in [0.4, 0.5) is 0 Å². The van der Waals surface area contributed by atoms with Crippen molar-refractivity contribution in [1.29, 1.82) is 0 Å². The molecule has 22 heavy (non-hydrogen) atoms. The smallest absolute Gasteiger partial charge is 0.103 e. The predicted molar refractivity (Wildman–Crippen MR) is 92.9 cm³/mol. The van der Waals surface area contributed by atoms with Gasteiger partial charge in [0.25, 0.3) is 0 Å². The molecule has 2 aliphatic carbocycles. The molecule has 2 rings (SSSR count). The minimum Gasteiger partial charge on any atom is -0.500 e. The zero-order valence-corrected chi connectivity index (χ0v) is 15.5. The summed E-state index contributed by atoms with van der Waals surface area (Å²) in [7, 11) is 3.74. The van der Waals surface area contributed by atoms with Crippen molar-refractivity contribution in [3.63, 3.8) is 0 Å². The van der Waals surface area contributed by atoms with Crippen LogP contribution in [0.15, 0.2) is 11.3 Å². The molecule has 2 saturated carbocycles. The summed E-state index contributed by atoms with van der Waals surface area (Å²) >= 11 is 0. The summed E-state index contributed by atoms with van der Waals surface area (Å²) in [4.78, 5) is 0. The Bertz CT molecular complexity index is 385. The molecule has 2 nitrogen and oxygen atoms in total. The lowest BCUT2D eigenvalue weighted by atomic mass is 9.67. The molecule has 0 aromatic carbocycles. The van der Waals surface area contributed by atoms with Gasteiger partial charge in [-0.25, -0.2) is 0 Å². The molecular weight excluding hydrogens is 272 g/mol. The van der Waals surface area contributed by atoms with Crippen LogP contribution in [0.1, 0.15) is 85.0 Å². The first-order chi connectivity index (χ1) is 10.5. The standard InChI is InChI=1S/C20H36O2/c1-16(17(21-4)19(2)12-8-6-9-13-19)18(22-5)20(3)14-10-7-11-15-20/h17H,6-15H2,1-5H3/b18-16-. The second-order valence-corrected chi connectivity index (χ2v) is 8.17. The molecule has 1 unspecified atom stereocenters. The molecule has 0 aromatic rings. The SMILES string of the molecule is CO/C(=C(/C)C(OC)C1(C)CCCCC1)C1(C)CCCCC1. The van der Waals surface area contributed by atoms with Gasteiger partial charge in [-0.15, -0.1) is 0 Å². The number of ether oxygens (including phenoxy) is 2. The van der Waals surface area contributed by atoms with Gasteiger partial charge >= 0.3 is 0 Å². The van der Waals surface area contributed by atoms with Crippen molar-refractivity contribution in [2.75, 3.05) is 14.2 Å². The molecule has 2 heteroatoms. The van der Waals surface area contributed by atoms with E-state index in [1.54, 1.807) is 0 Å². The number of hydrogen-bond acceptors (Lipinski definition) is 2. The summed E-state index contributed by atoms with van der Waals surface area (Å²) in [6.07, 6.45) is 13.3. The number of hydrogen-bond donors (Lipinski definition) is 0. The van der Waals surface area contributed by atoms with E-state index in [2.05, 4.69) is 20.8 Å². The summed E-state index contributed by atoms with van der Waals surface area (Å²) in [5, 5.41) is 0. The Hall–Kier alpha value is -0.500. The fourth-order valence-corrected chi connectivity index (χ4v) is 5.17. The number of allylic oxidation sites excluding steroid dienone is 1. The van der Waals surface area contributed by atoms with Crippen LogP contribution in [0.25, 0.3) is 0 Å². The fraction of sp³-hybridized carbons (Fsp3) is 0.900.